The number of nitrogens with one attached hydrogen (secondary N) is 2. The number of thiazole rings is 1. The molecule has 1 unspecified atom stereocenters. The average molecular weight is 505 g/mol. The van der Waals surface area contributed by atoms with E-state index >= 15 is 0 Å². The summed E-state index contributed by atoms with van der Waals surface area (Å²) in [6.45, 7) is 2.51. The number of carbonyl (C=O) groups is 4. The first kappa shape index (κ1) is 23.7. The molecule has 0 bridgehead atoms. The summed E-state index contributed by atoms with van der Waals surface area (Å²) in [5, 5.41) is 5.89. The Morgan fingerprint density at radius 2 is 2.00 bits per heavy atom. The molecule has 10 heteroatoms. The molecule has 1 fully saturated rings. The third-order valence-electron chi connectivity index (χ3n) is 6.28. The van der Waals surface area contributed by atoms with Crippen molar-refractivity contribution in [1.29, 1.82) is 0 Å². The van der Waals surface area contributed by atoms with Crippen LogP contribution < -0.4 is 10.6 Å². The fourth-order valence-corrected chi connectivity index (χ4v) is 5.32. The lowest BCUT2D eigenvalue weighted by Gasteiger charge is -2.29. The van der Waals surface area contributed by atoms with Gasteiger partial charge in [-0.05, 0) is 30.5 Å². The number of rotatable bonds is 6. The minimum Gasteiger partial charge on any atom is -0.444 e. The van der Waals surface area contributed by atoms with Crippen LogP contribution >= 0.6 is 11.3 Å². The zero-order chi connectivity index (χ0) is 25.2. The lowest BCUT2D eigenvalue weighted by molar-refractivity contribution is -0.136. The van der Waals surface area contributed by atoms with Crippen molar-refractivity contribution in [3.63, 3.8) is 0 Å². The molecular formula is C26H24N4O5S. The molecule has 36 heavy (non-hydrogen) atoms. The largest absolute Gasteiger partial charge is 0.444 e. The Kier molecular flexibility index (Phi) is 6.51. The van der Waals surface area contributed by atoms with Crippen molar-refractivity contribution in [3.8, 4) is 10.6 Å². The molecule has 0 radical (unpaired) electrons. The van der Waals surface area contributed by atoms with Crippen LogP contribution in [-0.4, -0.2) is 39.7 Å². The van der Waals surface area contributed by atoms with Crippen LogP contribution in [0.4, 0.5) is 4.79 Å². The SMILES string of the molecule is Cc1nc(-c2ccccc2)sc1COC(=O)NCc1ccc2c(c1)C(=O)N(C1CCC(=O)NC1=O)C2. The lowest BCUT2D eigenvalue weighted by Crippen LogP contribution is -2.52. The molecule has 9 nitrogen and oxygen atoms in total. The van der Waals surface area contributed by atoms with E-state index in [1.807, 2.05) is 49.4 Å². The van der Waals surface area contributed by atoms with Crippen molar-refractivity contribution in [3.05, 3.63) is 75.8 Å². The average Bonchev–Trinajstić information content (AvgIpc) is 3.41. The van der Waals surface area contributed by atoms with Crippen molar-refractivity contribution in [2.45, 2.75) is 45.5 Å². The molecule has 0 saturated carbocycles. The molecule has 2 aromatic carbocycles. The van der Waals surface area contributed by atoms with E-state index in [0.717, 1.165) is 32.3 Å². The van der Waals surface area contributed by atoms with Gasteiger partial charge in [0.1, 0.15) is 17.7 Å². The van der Waals surface area contributed by atoms with Crippen molar-refractivity contribution >= 4 is 35.2 Å². The predicted molar refractivity (Wildman–Crippen MR) is 132 cm³/mol. The van der Waals surface area contributed by atoms with Crippen LogP contribution in [0, 0.1) is 6.92 Å². The van der Waals surface area contributed by atoms with Gasteiger partial charge >= 0.3 is 6.09 Å². The number of piperidine rings is 1. The first-order valence-electron chi connectivity index (χ1n) is 11.6. The molecule has 2 aliphatic rings. The first-order chi connectivity index (χ1) is 17.4. The third kappa shape index (κ3) is 4.85. The summed E-state index contributed by atoms with van der Waals surface area (Å²) >= 11 is 1.49. The maximum Gasteiger partial charge on any atom is 0.407 e. The molecule has 1 saturated heterocycles. The lowest BCUT2D eigenvalue weighted by atomic mass is 10.0. The van der Waals surface area contributed by atoms with Crippen molar-refractivity contribution < 1.29 is 23.9 Å². The Labute approximate surface area is 211 Å². The van der Waals surface area contributed by atoms with Gasteiger partial charge in [0, 0.05) is 30.6 Å². The molecule has 5 rings (SSSR count). The van der Waals surface area contributed by atoms with Crippen molar-refractivity contribution in [2.75, 3.05) is 0 Å². The highest BCUT2D eigenvalue weighted by Crippen LogP contribution is 2.29. The maximum atomic E-state index is 13.0. The number of fused-ring (bicyclic) bond motifs is 1. The number of amides is 4. The zero-order valence-corrected chi connectivity index (χ0v) is 20.4. The van der Waals surface area contributed by atoms with E-state index in [1.54, 1.807) is 6.07 Å². The smallest absolute Gasteiger partial charge is 0.407 e. The van der Waals surface area contributed by atoms with Gasteiger partial charge in [-0.1, -0.05) is 42.5 Å². The first-order valence-corrected chi connectivity index (χ1v) is 12.4. The van der Waals surface area contributed by atoms with Gasteiger partial charge in [0.25, 0.3) is 5.91 Å². The van der Waals surface area contributed by atoms with Gasteiger partial charge in [-0.2, -0.15) is 0 Å². The minimum absolute atomic E-state index is 0.117. The number of imide groups is 1. The topological polar surface area (TPSA) is 118 Å². The highest BCUT2D eigenvalue weighted by Gasteiger charge is 2.39. The van der Waals surface area contributed by atoms with Crippen LogP contribution in [0.15, 0.2) is 48.5 Å². The number of aryl methyl sites for hydroxylation is 1. The summed E-state index contributed by atoms with van der Waals surface area (Å²) in [4.78, 5) is 55.8. The highest BCUT2D eigenvalue weighted by molar-refractivity contribution is 7.15. The number of alkyl carbamates (subject to hydrolysis) is 1. The normalized spacial score (nSPS) is 17.1. The summed E-state index contributed by atoms with van der Waals surface area (Å²) in [6.07, 6.45) is -0.0415. The van der Waals surface area contributed by atoms with Crippen LogP contribution in [-0.2, 0) is 34.0 Å². The van der Waals surface area contributed by atoms with E-state index in [-0.39, 0.29) is 31.4 Å². The summed E-state index contributed by atoms with van der Waals surface area (Å²) in [5.74, 6) is -1.01. The van der Waals surface area contributed by atoms with Crippen molar-refractivity contribution in [1.82, 2.24) is 20.5 Å². The molecule has 4 amide bonds. The Bertz CT molecular complexity index is 1350. The van der Waals surface area contributed by atoms with Gasteiger partial charge in [0.2, 0.25) is 11.8 Å². The van der Waals surface area contributed by atoms with Crippen LogP contribution in [0.25, 0.3) is 10.6 Å². The maximum absolute atomic E-state index is 13.0. The van der Waals surface area contributed by atoms with Gasteiger partial charge in [-0.3, -0.25) is 19.7 Å². The van der Waals surface area contributed by atoms with E-state index in [9.17, 15) is 19.2 Å². The van der Waals surface area contributed by atoms with Crippen LogP contribution in [0.5, 0.6) is 0 Å². The van der Waals surface area contributed by atoms with E-state index in [4.69, 9.17) is 4.74 Å². The Hall–Kier alpha value is -4.05. The standard InChI is InChI=1S/C26H24N4O5S/c1-15-21(36-24(28-15)17-5-3-2-4-6-17)14-35-26(34)27-12-16-7-8-18-13-30(25(33)19(18)11-16)20-9-10-22(31)29-23(20)32/h2-8,11,20H,9-10,12-14H2,1H3,(H,27,34)(H,29,31,32). The van der Waals surface area contributed by atoms with Gasteiger partial charge in [-0.25, -0.2) is 9.78 Å². The van der Waals surface area contributed by atoms with Gasteiger partial charge < -0.3 is 15.0 Å². The van der Waals surface area contributed by atoms with Gasteiger partial charge in [0.05, 0.1) is 10.6 Å². The molecule has 1 aromatic heterocycles. The van der Waals surface area contributed by atoms with E-state index in [0.29, 0.717) is 18.5 Å². The zero-order valence-electron chi connectivity index (χ0n) is 19.6. The molecule has 0 spiro atoms. The summed E-state index contributed by atoms with van der Waals surface area (Å²) in [5.41, 5.74) is 3.89. The Balaban J connectivity index is 1.16. The van der Waals surface area contributed by atoms with Gasteiger partial charge in [0.15, 0.2) is 0 Å². The monoisotopic (exact) mass is 504 g/mol. The van der Waals surface area contributed by atoms with Gasteiger partial charge in [-0.15, -0.1) is 11.3 Å². The Morgan fingerprint density at radius 3 is 2.78 bits per heavy atom. The molecule has 3 heterocycles. The molecule has 3 aromatic rings. The highest BCUT2D eigenvalue weighted by atomic mass is 32.1. The molecule has 2 N–H and O–H groups in total. The van der Waals surface area contributed by atoms with Crippen LogP contribution in [0.3, 0.4) is 0 Å². The molecule has 2 aliphatic heterocycles. The summed E-state index contributed by atoms with van der Waals surface area (Å²) in [6, 6.07) is 14.6. The quantitative estimate of drug-likeness (QED) is 0.498. The fourth-order valence-electron chi connectivity index (χ4n) is 4.33. The Morgan fingerprint density at radius 1 is 1.19 bits per heavy atom. The predicted octanol–water partition coefficient (Wildman–Crippen LogP) is 3.31. The van der Waals surface area contributed by atoms with Crippen LogP contribution in [0.2, 0.25) is 0 Å². The van der Waals surface area contributed by atoms with Crippen molar-refractivity contribution in [2.24, 2.45) is 0 Å². The van der Waals surface area contributed by atoms with Crippen LogP contribution in [0.1, 0.15) is 44.9 Å². The number of benzene rings is 2. The second-order valence-electron chi connectivity index (χ2n) is 8.71. The second-order valence-corrected chi connectivity index (χ2v) is 9.80. The molecule has 184 valence electrons. The second kappa shape index (κ2) is 9.90. The van der Waals surface area contributed by atoms with E-state index < -0.39 is 18.0 Å². The van der Waals surface area contributed by atoms with E-state index in [1.165, 1.54) is 16.2 Å². The minimum atomic E-state index is -0.656. The molecular weight excluding hydrogens is 480 g/mol. The number of hydrogen-bond donors (Lipinski definition) is 2. The number of aromatic nitrogens is 1. The molecule has 0 aliphatic carbocycles. The molecule has 1 atom stereocenters. The summed E-state index contributed by atoms with van der Waals surface area (Å²) in [7, 11) is 0. The number of nitrogens with zero attached hydrogens (tertiary/aromatic N) is 2. The number of carbonyl (C=O) groups excluding carboxylic acids is 4. The number of ether oxygens (including phenoxy) is 1. The number of hydrogen-bond acceptors (Lipinski definition) is 7. The fraction of sp³-hybridized carbons (Fsp3) is 0.269. The van der Waals surface area contributed by atoms with E-state index in [2.05, 4.69) is 15.6 Å². The third-order valence-corrected chi connectivity index (χ3v) is 7.46. The summed E-state index contributed by atoms with van der Waals surface area (Å²) < 4.78 is 5.38.